The molecular formula is C44H89NO8P+. The molecule has 0 fully saturated rings. The SMILES string of the molecule is [2H]OC(C[N+](C)(C)C)P(=O)(O)OC[C@@H](COC(=O)CCCCCCCCCCCCCCCCC)OC(=O)CCCCCCCCCCCCCCCCC. The van der Waals surface area contributed by atoms with Gasteiger partial charge in [-0.25, -0.2) is 0 Å². The predicted molar refractivity (Wildman–Crippen MR) is 225 cm³/mol. The van der Waals surface area contributed by atoms with Gasteiger partial charge in [0.2, 0.25) is 7.28 Å². The zero-order valence-electron chi connectivity index (χ0n) is 37.1. The van der Waals surface area contributed by atoms with Gasteiger partial charge in [-0.1, -0.05) is 194 Å². The lowest BCUT2D eigenvalue weighted by Crippen LogP contribution is -2.41. The highest BCUT2D eigenvalue weighted by molar-refractivity contribution is 7.53. The summed E-state index contributed by atoms with van der Waals surface area (Å²) in [5.74, 6) is -2.21. The molecule has 0 rings (SSSR count). The summed E-state index contributed by atoms with van der Waals surface area (Å²) in [4.78, 5) is 35.9. The van der Waals surface area contributed by atoms with E-state index in [0.717, 1.165) is 38.5 Å². The molecule has 2 N–H and O–H groups in total. The summed E-state index contributed by atoms with van der Waals surface area (Å²) >= 11 is 0. The zero-order chi connectivity index (χ0) is 40.9. The molecule has 0 bridgehead atoms. The highest BCUT2D eigenvalue weighted by Crippen LogP contribution is 2.47. The molecule has 0 aliphatic heterocycles. The van der Waals surface area contributed by atoms with Crippen LogP contribution in [0.25, 0.3) is 0 Å². The van der Waals surface area contributed by atoms with Gasteiger partial charge in [0.15, 0.2) is 6.10 Å². The van der Waals surface area contributed by atoms with Gasteiger partial charge in [0.05, 0.1) is 27.7 Å². The zero-order valence-corrected chi connectivity index (χ0v) is 37.0. The minimum Gasteiger partial charge on any atom is -0.462 e. The second-order valence-corrected chi connectivity index (χ2v) is 18.9. The fraction of sp³-hybridized carbons (Fsp3) is 0.955. The van der Waals surface area contributed by atoms with E-state index in [1.807, 2.05) is 21.1 Å². The van der Waals surface area contributed by atoms with Gasteiger partial charge in [0.25, 0.3) is 0 Å². The first-order chi connectivity index (χ1) is 26.4. The normalized spacial score (nSPS) is 14.4. The molecule has 0 aliphatic rings. The van der Waals surface area contributed by atoms with Gasteiger partial charge in [-0.05, 0) is 12.8 Å². The molecular weight excluding hydrogens is 701 g/mol. The third kappa shape index (κ3) is 36.6. The van der Waals surface area contributed by atoms with Crippen molar-refractivity contribution in [1.29, 1.82) is 1.43 Å². The Morgan fingerprint density at radius 2 is 0.889 bits per heavy atom. The molecule has 0 aromatic heterocycles. The molecule has 0 saturated heterocycles. The van der Waals surface area contributed by atoms with E-state index < -0.39 is 32.1 Å². The number of rotatable bonds is 42. The van der Waals surface area contributed by atoms with E-state index in [9.17, 15) is 19.0 Å². The topological polar surface area (TPSA) is 119 Å². The predicted octanol–water partition coefficient (Wildman–Crippen LogP) is 12.2. The van der Waals surface area contributed by atoms with Crippen molar-refractivity contribution in [3.63, 3.8) is 0 Å². The number of nitrogens with zero attached hydrogens (tertiary/aromatic N) is 1. The summed E-state index contributed by atoms with van der Waals surface area (Å²) in [5.41, 5.74) is 0. The number of ether oxygens (including phenoxy) is 2. The maximum absolute atomic E-state index is 13.0. The van der Waals surface area contributed by atoms with Crippen LogP contribution < -0.4 is 0 Å². The lowest BCUT2D eigenvalue weighted by Gasteiger charge is -2.28. The summed E-state index contributed by atoms with van der Waals surface area (Å²) in [5, 5.41) is 4.56. The van der Waals surface area contributed by atoms with Crippen LogP contribution in [0, 0.1) is 0 Å². The summed E-state index contributed by atoms with van der Waals surface area (Å²) in [7, 11) is 1.04. The second kappa shape index (κ2) is 36.4. The first-order valence-corrected chi connectivity index (χ1v) is 24.3. The number of likely N-dealkylation sites (N-methyl/N-ethyl adjacent to an activating group) is 1. The molecule has 0 saturated carbocycles. The van der Waals surface area contributed by atoms with Crippen LogP contribution in [0.2, 0.25) is 0 Å². The quantitative estimate of drug-likeness (QED) is 0.0271. The van der Waals surface area contributed by atoms with Crippen LogP contribution in [-0.2, 0) is 28.2 Å². The van der Waals surface area contributed by atoms with Crippen LogP contribution in [0.1, 0.15) is 219 Å². The maximum atomic E-state index is 13.0. The molecule has 0 amide bonds. The first kappa shape index (κ1) is 51.0. The van der Waals surface area contributed by atoms with Crippen LogP contribution in [-0.4, -0.2) is 80.7 Å². The summed E-state index contributed by atoms with van der Waals surface area (Å²) in [6.45, 7) is 3.88. The Kier molecular flexibility index (Phi) is 34.4. The fourth-order valence-electron chi connectivity index (χ4n) is 6.75. The number of hydrogen-bond donors (Lipinski definition) is 2. The number of unbranched alkanes of at least 4 members (excludes halogenated alkanes) is 28. The monoisotopic (exact) mass is 792 g/mol. The third-order valence-electron chi connectivity index (χ3n) is 10.2. The highest BCUT2D eigenvalue weighted by atomic mass is 31.2. The summed E-state index contributed by atoms with van der Waals surface area (Å²) < 4.78 is 37.0. The van der Waals surface area contributed by atoms with E-state index in [-0.39, 0.29) is 36.4 Å². The van der Waals surface area contributed by atoms with Crippen molar-refractivity contribution in [1.82, 2.24) is 0 Å². The van der Waals surface area contributed by atoms with Gasteiger partial charge in [-0.3, -0.25) is 14.2 Å². The number of hydrogen-bond acceptors (Lipinski definition) is 7. The number of aliphatic hydroxyl groups excluding tert-OH is 1. The van der Waals surface area contributed by atoms with Crippen LogP contribution in [0.15, 0.2) is 0 Å². The minimum atomic E-state index is -4.40. The average molecular weight is 792 g/mol. The van der Waals surface area contributed by atoms with Crippen molar-refractivity contribution in [3.05, 3.63) is 0 Å². The van der Waals surface area contributed by atoms with Crippen LogP contribution >= 0.6 is 7.60 Å². The Balaban J connectivity index is 4.44. The van der Waals surface area contributed by atoms with Gasteiger partial charge in [-0.15, -0.1) is 0 Å². The van der Waals surface area contributed by atoms with Gasteiger partial charge in [0.1, 0.15) is 13.2 Å². The first-order valence-electron chi connectivity index (χ1n) is 23.1. The van der Waals surface area contributed by atoms with Crippen molar-refractivity contribution >= 4 is 19.5 Å². The van der Waals surface area contributed by atoms with E-state index in [1.54, 1.807) is 0 Å². The minimum absolute atomic E-state index is 0.0646. The molecule has 2 unspecified atom stereocenters. The molecule has 0 aromatic carbocycles. The van der Waals surface area contributed by atoms with Crippen molar-refractivity contribution in [2.45, 2.75) is 231 Å². The summed E-state index contributed by atoms with van der Waals surface area (Å²) in [6, 6.07) is 0. The third-order valence-corrected chi connectivity index (χ3v) is 11.6. The van der Waals surface area contributed by atoms with Crippen LogP contribution in [0.4, 0.5) is 0 Å². The van der Waals surface area contributed by atoms with E-state index in [1.165, 1.54) is 148 Å². The summed E-state index contributed by atoms with van der Waals surface area (Å²) in [6.07, 6.45) is 36.7. The second-order valence-electron chi connectivity index (χ2n) is 17.0. The number of carbonyl (C=O) groups excluding carboxylic acids is 2. The standard InChI is InChI=1S/C44H88NO8P/c1-6-8-10-12-14-16-18-20-22-24-26-28-30-32-34-36-42(46)51-39-41(40-52-54(49,50)44(48)38-45(3,4)5)53-43(47)37-35-33-31-29-27-25-23-21-19-17-15-13-11-9-7-2/h41,44,48H,6-40H2,1-5H3/p+1/t41-,44?/m1/s1/i48D. The van der Waals surface area contributed by atoms with E-state index in [4.69, 9.17) is 15.4 Å². The van der Waals surface area contributed by atoms with E-state index in [0.29, 0.717) is 6.42 Å². The lowest BCUT2D eigenvalue weighted by molar-refractivity contribution is -0.872. The van der Waals surface area contributed by atoms with E-state index >= 15 is 0 Å². The van der Waals surface area contributed by atoms with Crippen molar-refractivity contribution in [2.75, 3.05) is 40.9 Å². The molecule has 0 radical (unpaired) electrons. The number of esters is 2. The van der Waals surface area contributed by atoms with Crippen LogP contribution in [0.5, 0.6) is 0 Å². The van der Waals surface area contributed by atoms with Crippen molar-refractivity contribution < 1.29 is 42.6 Å². The average Bonchev–Trinajstić information content (AvgIpc) is 3.14. The molecule has 0 heterocycles. The van der Waals surface area contributed by atoms with E-state index in [2.05, 4.69) is 19.0 Å². The molecule has 0 aromatic rings. The Hall–Kier alpha value is -0.990. The molecule has 3 atom stereocenters. The van der Waals surface area contributed by atoms with Gasteiger partial charge in [-0.2, -0.15) is 0 Å². The van der Waals surface area contributed by atoms with Crippen LogP contribution in [0.3, 0.4) is 0 Å². The van der Waals surface area contributed by atoms with Gasteiger partial charge < -0.3 is 28.5 Å². The molecule has 0 aliphatic carbocycles. The fourth-order valence-corrected chi connectivity index (χ4v) is 7.99. The maximum Gasteiger partial charge on any atom is 0.362 e. The molecule has 9 nitrogen and oxygen atoms in total. The number of carbonyl (C=O) groups is 2. The van der Waals surface area contributed by atoms with Crippen molar-refractivity contribution in [2.24, 2.45) is 0 Å². The Morgan fingerprint density at radius 3 is 1.22 bits per heavy atom. The number of quaternary nitrogens is 1. The molecule has 322 valence electrons. The Bertz CT molecular complexity index is 934. The molecule has 0 spiro atoms. The van der Waals surface area contributed by atoms with Gasteiger partial charge >= 0.3 is 19.5 Å². The van der Waals surface area contributed by atoms with Gasteiger partial charge in [0, 0.05) is 12.8 Å². The highest BCUT2D eigenvalue weighted by Gasteiger charge is 2.36. The molecule has 54 heavy (non-hydrogen) atoms. The van der Waals surface area contributed by atoms with Crippen molar-refractivity contribution in [3.8, 4) is 0 Å². The largest absolute Gasteiger partial charge is 0.462 e. The Morgan fingerprint density at radius 1 is 0.556 bits per heavy atom. The Labute approximate surface area is 335 Å². The molecule has 10 heteroatoms. The lowest BCUT2D eigenvalue weighted by atomic mass is 10.0. The number of aliphatic hydroxyl groups is 1. The smallest absolute Gasteiger partial charge is 0.362 e.